The van der Waals surface area contributed by atoms with Gasteiger partial charge < -0.3 is 0 Å². The van der Waals surface area contributed by atoms with E-state index in [0.717, 1.165) is 26.4 Å². The van der Waals surface area contributed by atoms with Crippen molar-refractivity contribution in [1.29, 1.82) is 0 Å². The van der Waals surface area contributed by atoms with Gasteiger partial charge in [-0.25, -0.2) is 4.98 Å². The third-order valence-corrected chi connectivity index (χ3v) is 6.54. The quantitative estimate of drug-likeness (QED) is 0.370. The Kier molecular flexibility index (Phi) is 5.52. The summed E-state index contributed by atoms with van der Waals surface area (Å²) < 4.78 is 0.887. The number of anilines is 1. The number of halogens is 1. The van der Waals surface area contributed by atoms with Crippen molar-refractivity contribution in [1.82, 2.24) is 9.97 Å². The average Bonchev–Trinajstić information content (AvgIpc) is 3.38. The fraction of sp³-hybridized carbons (Fsp3) is 0.0952. The molecule has 1 aromatic carbocycles. The lowest BCUT2D eigenvalue weighted by molar-refractivity contribution is -0.114. The lowest BCUT2D eigenvalue weighted by atomic mass is 10.2. The van der Waals surface area contributed by atoms with Crippen molar-refractivity contribution in [2.75, 3.05) is 4.90 Å². The molecule has 140 valence electrons. The summed E-state index contributed by atoms with van der Waals surface area (Å²) in [5.41, 5.74) is 2.65. The maximum Gasteiger partial charge on any atom is 0.253 e. The van der Waals surface area contributed by atoms with Gasteiger partial charge in [-0.05, 0) is 48.2 Å². The largest absolute Gasteiger partial charge is 0.278 e. The number of hydrogen-bond acceptors (Lipinski definition) is 5. The molecule has 3 heterocycles. The van der Waals surface area contributed by atoms with Crippen molar-refractivity contribution in [2.24, 2.45) is 0 Å². The number of nitrogens with zero attached hydrogens (tertiary/aromatic N) is 3. The zero-order chi connectivity index (χ0) is 19.5. The van der Waals surface area contributed by atoms with Gasteiger partial charge in [-0.15, -0.1) is 11.3 Å². The molecule has 7 heteroatoms. The van der Waals surface area contributed by atoms with E-state index in [4.69, 9.17) is 16.6 Å². The fourth-order valence-electron chi connectivity index (χ4n) is 2.73. The predicted molar refractivity (Wildman–Crippen MR) is 118 cm³/mol. The van der Waals surface area contributed by atoms with Gasteiger partial charge in [0.05, 0.1) is 27.5 Å². The molecular formula is C21H16ClN3OS2. The van der Waals surface area contributed by atoms with Crippen LogP contribution in [0.3, 0.4) is 0 Å². The van der Waals surface area contributed by atoms with Gasteiger partial charge in [0.1, 0.15) is 0 Å². The van der Waals surface area contributed by atoms with E-state index in [9.17, 15) is 4.79 Å². The molecule has 0 fully saturated rings. The van der Waals surface area contributed by atoms with Crippen LogP contribution in [0.25, 0.3) is 16.3 Å². The molecule has 28 heavy (non-hydrogen) atoms. The first-order chi connectivity index (χ1) is 13.6. The summed E-state index contributed by atoms with van der Waals surface area (Å²) in [6.07, 6.45) is 5.12. The van der Waals surface area contributed by atoms with Gasteiger partial charge in [0.25, 0.3) is 5.91 Å². The van der Waals surface area contributed by atoms with Gasteiger partial charge >= 0.3 is 0 Å². The molecule has 3 aromatic heterocycles. The number of rotatable bonds is 5. The Labute approximate surface area is 175 Å². The standard InChI is InChI=1S/C21H16ClN3OS2/c1-14-7-9-17(22)20-19(14)24-21(28-20)25(13-15-5-2-3-11-23-15)18(26)10-8-16-6-4-12-27-16/h2-12H,13H2,1H3/b10-8+. The second-order valence-electron chi connectivity index (χ2n) is 6.13. The summed E-state index contributed by atoms with van der Waals surface area (Å²) in [6, 6.07) is 13.4. The van der Waals surface area contributed by atoms with Crippen molar-refractivity contribution >= 4 is 61.6 Å². The van der Waals surface area contributed by atoms with Gasteiger partial charge in [-0.1, -0.05) is 41.1 Å². The molecule has 0 spiro atoms. The zero-order valence-corrected chi connectivity index (χ0v) is 17.4. The number of aromatic nitrogens is 2. The molecule has 1 amide bonds. The van der Waals surface area contributed by atoms with E-state index in [2.05, 4.69) is 4.98 Å². The van der Waals surface area contributed by atoms with E-state index >= 15 is 0 Å². The van der Waals surface area contributed by atoms with E-state index in [1.807, 2.05) is 60.8 Å². The molecule has 0 aliphatic heterocycles. The highest BCUT2D eigenvalue weighted by molar-refractivity contribution is 7.23. The lowest BCUT2D eigenvalue weighted by Crippen LogP contribution is -2.29. The molecule has 0 N–H and O–H groups in total. The highest BCUT2D eigenvalue weighted by Crippen LogP contribution is 2.36. The van der Waals surface area contributed by atoms with Gasteiger partial charge in [-0.2, -0.15) is 0 Å². The monoisotopic (exact) mass is 425 g/mol. The summed E-state index contributed by atoms with van der Waals surface area (Å²) >= 11 is 9.36. The van der Waals surface area contributed by atoms with Crippen LogP contribution < -0.4 is 4.90 Å². The molecule has 4 aromatic rings. The minimum Gasteiger partial charge on any atom is -0.278 e. The summed E-state index contributed by atoms with van der Waals surface area (Å²) in [5, 5.41) is 3.23. The van der Waals surface area contributed by atoms with E-state index in [1.165, 1.54) is 11.3 Å². The highest BCUT2D eigenvalue weighted by Gasteiger charge is 2.20. The Hall–Kier alpha value is -2.54. The number of thiazole rings is 1. The maximum absolute atomic E-state index is 13.0. The number of carbonyl (C=O) groups is 1. The smallest absolute Gasteiger partial charge is 0.253 e. The SMILES string of the molecule is Cc1ccc(Cl)c2sc(N(Cc3ccccn3)C(=O)/C=C/c3cccs3)nc12. The molecule has 4 nitrogen and oxygen atoms in total. The normalized spacial score (nSPS) is 11.4. The number of fused-ring (bicyclic) bond motifs is 1. The van der Waals surface area contributed by atoms with Gasteiger partial charge in [0.2, 0.25) is 0 Å². The van der Waals surface area contributed by atoms with Crippen molar-refractivity contribution in [3.05, 3.63) is 81.3 Å². The first-order valence-electron chi connectivity index (χ1n) is 8.60. The van der Waals surface area contributed by atoms with Crippen LogP contribution in [0.5, 0.6) is 0 Å². The highest BCUT2D eigenvalue weighted by atomic mass is 35.5. The van der Waals surface area contributed by atoms with Gasteiger partial charge in [0.15, 0.2) is 5.13 Å². The van der Waals surface area contributed by atoms with Gasteiger partial charge in [0, 0.05) is 17.2 Å². The predicted octanol–water partition coefficient (Wildman–Crippen LogP) is 5.96. The average molecular weight is 426 g/mol. The van der Waals surface area contributed by atoms with Crippen molar-refractivity contribution in [3.63, 3.8) is 0 Å². The first-order valence-corrected chi connectivity index (χ1v) is 10.7. The molecule has 0 saturated carbocycles. The Bertz CT molecular complexity index is 1100. The van der Waals surface area contributed by atoms with Crippen LogP contribution in [0.1, 0.15) is 16.1 Å². The second-order valence-corrected chi connectivity index (χ2v) is 8.50. The summed E-state index contributed by atoms with van der Waals surface area (Å²) in [5.74, 6) is -0.146. The summed E-state index contributed by atoms with van der Waals surface area (Å²) in [4.78, 5) is 24.8. The Balaban J connectivity index is 1.73. The van der Waals surface area contributed by atoms with E-state index in [-0.39, 0.29) is 5.91 Å². The number of aryl methyl sites for hydroxylation is 1. The lowest BCUT2D eigenvalue weighted by Gasteiger charge is -2.17. The zero-order valence-electron chi connectivity index (χ0n) is 15.0. The van der Waals surface area contributed by atoms with Crippen molar-refractivity contribution < 1.29 is 4.79 Å². The molecular weight excluding hydrogens is 410 g/mol. The Morgan fingerprint density at radius 3 is 2.82 bits per heavy atom. The molecule has 0 aliphatic carbocycles. The molecule has 0 saturated heterocycles. The number of benzene rings is 1. The van der Waals surface area contributed by atoms with Crippen LogP contribution in [0.2, 0.25) is 5.02 Å². The van der Waals surface area contributed by atoms with Crippen LogP contribution >= 0.6 is 34.3 Å². The third-order valence-electron chi connectivity index (χ3n) is 4.16. The van der Waals surface area contributed by atoms with E-state index in [0.29, 0.717) is 16.7 Å². The summed E-state index contributed by atoms with van der Waals surface area (Å²) in [7, 11) is 0. The molecule has 0 bridgehead atoms. The third kappa shape index (κ3) is 3.99. The van der Waals surface area contributed by atoms with Crippen LogP contribution in [-0.2, 0) is 11.3 Å². The maximum atomic E-state index is 13.0. The van der Waals surface area contributed by atoms with Crippen LogP contribution in [-0.4, -0.2) is 15.9 Å². The summed E-state index contributed by atoms with van der Waals surface area (Å²) in [6.45, 7) is 2.33. The number of amides is 1. The van der Waals surface area contributed by atoms with Crippen LogP contribution in [0.4, 0.5) is 5.13 Å². The first kappa shape index (κ1) is 18.8. The Morgan fingerprint density at radius 1 is 1.21 bits per heavy atom. The number of thiophene rings is 1. The number of hydrogen-bond donors (Lipinski definition) is 0. The Morgan fingerprint density at radius 2 is 2.11 bits per heavy atom. The van der Waals surface area contributed by atoms with Gasteiger partial charge in [-0.3, -0.25) is 14.7 Å². The molecule has 0 unspecified atom stereocenters. The minimum atomic E-state index is -0.146. The molecule has 0 radical (unpaired) electrons. The van der Waals surface area contributed by atoms with Crippen LogP contribution in [0.15, 0.2) is 60.1 Å². The molecule has 4 rings (SSSR count). The minimum absolute atomic E-state index is 0.146. The van der Waals surface area contributed by atoms with Crippen LogP contribution in [0, 0.1) is 6.92 Å². The van der Waals surface area contributed by atoms with Crippen molar-refractivity contribution in [2.45, 2.75) is 13.5 Å². The second kappa shape index (κ2) is 8.22. The fourth-order valence-corrected chi connectivity index (χ4v) is 4.67. The number of carbonyl (C=O) groups excluding carboxylic acids is 1. The van der Waals surface area contributed by atoms with E-state index < -0.39 is 0 Å². The molecule has 0 aliphatic rings. The van der Waals surface area contributed by atoms with E-state index in [1.54, 1.807) is 28.5 Å². The molecule has 0 atom stereocenters. The topological polar surface area (TPSA) is 46.1 Å². The van der Waals surface area contributed by atoms with Crippen molar-refractivity contribution in [3.8, 4) is 0 Å². The number of pyridine rings is 1.